The average Bonchev–Trinajstić information content (AvgIpc) is 2.56. The lowest BCUT2D eigenvalue weighted by Crippen LogP contribution is -2.13. The maximum Gasteiger partial charge on any atom is 0.328 e. The zero-order valence-electron chi connectivity index (χ0n) is 8.99. The third kappa shape index (κ3) is 2.20. The minimum absolute atomic E-state index is 0.143. The number of carbonyl (C=O) groups excluding carboxylic acids is 1. The Morgan fingerprint density at radius 2 is 2.06 bits per heavy atom. The number of hydrogen-bond donors (Lipinski definition) is 1. The van der Waals surface area contributed by atoms with Crippen molar-refractivity contribution in [3.63, 3.8) is 0 Å². The molecule has 1 N–H and O–H groups in total. The molecule has 1 aromatic heterocycles. The Bertz CT molecular complexity index is 687. The van der Waals surface area contributed by atoms with Gasteiger partial charge in [0.05, 0.1) is 17.6 Å². The first-order chi connectivity index (χ1) is 7.89. The van der Waals surface area contributed by atoms with Gasteiger partial charge in [-0.3, -0.25) is 9.35 Å². The minimum Gasteiger partial charge on any atom is -0.305 e. The summed E-state index contributed by atoms with van der Waals surface area (Å²) < 4.78 is 32.6. The molecule has 7 heteroatoms. The minimum atomic E-state index is -4.44. The lowest BCUT2D eigenvalue weighted by molar-refractivity contribution is -0.117. The van der Waals surface area contributed by atoms with E-state index < -0.39 is 15.3 Å². The van der Waals surface area contributed by atoms with Crippen LogP contribution in [0.1, 0.15) is 6.92 Å². The van der Waals surface area contributed by atoms with Gasteiger partial charge in [0.25, 0.3) is 5.16 Å². The number of hydrogen-bond acceptors (Lipinski definition) is 4. The zero-order chi connectivity index (χ0) is 12.6. The number of nitrogens with zero attached hydrogens (tertiary/aromatic N) is 2. The third-order valence-corrected chi connectivity index (χ3v) is 3.00. The number of para-hydroxylation sites is 2. The fourth-order valence-corrected chi connectivity index (χ4v) is 2.28. The third-order valence-electron chi connectivity index (χ3n) is 2.23. The summed E-state index contributed by atoms with van der Waals surface area (Å²) in [5, 5.41) is -0.506. The predicted molar refractivity (Wildman–Crippen MR) is 60.2 cm³/mol. The number of fused-ring (bicyclic) bond motifs is 1. The molecule has 0 amide bonds. The molecule has 0 unspecified atom stereocenters. The summed E-state index contributed by atoms with van der Waals surface area (Å²) in [6.07, 6.45) is 0. The molecule has 0 aliphatic carbocycles. The number of ketones is 1. The number of Topliss-reactive ketones (excluding diaryl/α,β-unsaturated/α-hetero) is 1. The van der Waals surface area contributed by atoms with E-state index >= 15 is 0 Å². The van der Waals surface area contributed by atoms with Gasteiger partial charge in [-0.2, -0.15) is 8.42 Å². The van der Waals surface area contributed by atoms with E-state index in [1.807, 2.05) is 0 Å². The van der Waals surface area contributed by atoms with E-state index in [-0.39, 0.29) is 12.3 Å². The van der Waals surface area contributed by atoms with Crippen LogP contribution in [0, 0.1) is 0 Å². The van der Waals surface area contributed by atoms with Crippen molar-refractivity contribution in [1.29, 1.82) is 0 Å². The molecular weight excluding hydrogens is 244 g/mol. The predicted octanol–water partition coefficient (Wildman–Crippen LogP) is 0.872. The van der Waals surface area contributed by atoms with Crippen molar-refractivity contribution < 1.29 is 17.8 Å². The summed E-state index contributed by atoms with van der Waals surface area (Å²) in [6, 6.07) is 6.65. The lowest BCUT2D eigenvalue weighted by atomic mass is 10.3. The first kappa shape index (κ1) is 11.7. The summed E-state index contributed by atoms with van der Waals surface area (Å²) in [7, 11) is -4.44. The van der Waals surface area contributed by atoms with Crippen LogP contribution in [-0.4, -0.2) is 28.3 Å². The molecule has 0 aliphatic heterocycles. The molecule has 90 valence electrons. The Hall–Kier alpha value is -1.73. The van der Waals surface area contributed by atoms with Gasteiger partial charge in [-0.25, -0.2) is 4.98 Å². The summed E-state index contributed by atoms with van der Waals surface area (Å²) >= 11 is 0. The molecule has 0 spiro atoms. The van der Waals surface area contributed by atoms with E-state index in [9.17, 15) is 13.2 Å². The Labute approximate surface area is 97.6 Å². The number of rotatable bonds is 3. The van der Waals surface area contributed by atoms with E-state index in [2.05, 4.69) is 4.98 Å². The summed E-state index contributed by atoms with van der Waals surface area (Å²) in [5.41, 5.74) is 0.914. The first-order valence-electron chi connectivity index (χ1n) is 4.82. The smallest absolute Gasteiger partial charge is 0.305 e. The van der Waals surface area contributed by atoms with Gasteiger partial charge in [0.1, 0.15) is 5.78 Å². The average molecular weight is 254 g/mol. The fraction of sp³-hybridized carbons (Fsp3) is 0.200. The normalized spacial score (nSPS) is 11.9. The topological polar surface area (TPSA) is 89.3 Å². The van der Waals surface area contributed by atoms with Gasteiger partial charge >= 0.3 is 10.1 Å². The van der Waals surface area contributed by atoms with Crippen molar-refractivity contribution in [2.24, 2.45) is 0 Å². The van der Waals surface area contributed by atoms with Crippen LogP contribution in [0.25, 0.3) is 11.0 Å². The van der Waals surface area contributed by atoms with Crippen LogP contribution in [-0.2, 0) is 21.5 Å². The largest absolute Gasteiger partial charge is 0.328 e. The highest BCUT2D eigenvalue weighted by Crippen LogP contribution is 2.19. The van der Waals surface area contributed by atoms with E-state index in [4.69, 9.17) is 4.55 Å². The van der Waals surface area contributed by atoms with Crippen LogP contribution in [0.3, 0.4) is 0 Å². The molecule has 2 aromatic rings. The van der Waals surface area contributed by atoms with Gasteiger partial charge in [0, 0.05) is 0 Å². The zero-order valence-corrected chi connectivity index (χ0v) is 9.81. The molecular formula is C10H10N2O4S. The highest BCUT2D eigenvalue weighted by atomic mass is 32.2. The van der Waals surface area contributed by atoms with Crippen LogP contribution in [0.5, 0.6) is 0 Å². The molecule has 0 aliphatic rings. The maximum atomic E-state index is 11.2. The molecule has 2 rings (SSSR count). The van der Waals surface area contributed by atoms with Crippen LogP contribution in [0.2, 0.25) is 0 Å². The van der Waals surface area contributed by atoms with E-state index in [1.165, 1.54) is 11.5 Å². The molecule has 1 aromatic carbocycles. The monoisotopic (exact) mass is 254 g/mol. The van der Waals surface area contributed by atoms with Crippen molar-refractivity contribution >= 4 is 26.9 Å². The standard InChI is InChI=1S/C10H10N2O4S/c1-7(13)6-12-9-5-3-2-4-8(9)11-10(12)17(14,15)16/h2-5H,6H2,1H3,(H,14,15,16). The van der Waals surface area contributed by atoms with Crippen LogP contribution >= 0.6 is 0 Å². The van der Waals surface area contributed by atoms with Gasteiger partial charge in [-0.05, 0) is 19.1 Å². The second-order valence-corrected chi connectivity index (χ2v) is 4.96. The molecule has 17 heavy (non-hydrogen) atoms. The second kappa shape index (κ2) is 3.94. The highest BCUT2D eigenvalue weighted by Gasteiger charge is 2.21. The Balaban J connectivity index is 2.78. The lowest BCUT2D eigenvalue weighted by Gasteiger charge is -2.03. The second-order valence-electron chi connectivity index (χ2n) is 3.65. The van der Waals surface area contributed by atoms with Crippen molar-refractivity contribution in [3.05, 3.63) is 24.3 Å². The van der Waals surface area contributed by atoms with Crippen molar-refractivity contribution in [3.8, 4) is 0 Å². The number of imidazole rings is 1. The van der Waals surface area contributed by atoms with Crippen LogP contribution in [0.15, 0.2) is 29.4 Å². The van der Waals surface area contributed by atoms with Gasteiger partial charge in [0.15, 0.2) is 0 Å². The SMILES string of the molecule is CC(=O)Cn1c(S(=O)(=O)O)nc2ccccc21. The Kier molecular flexibility index (Phi) is 2.72. The molecule has 0 fully saturated rings. The molecule has 0 saturated heterocycles. The van der Waals surface area contributed by atoms with Gasteiger partial charge in [0.2, 0.25) is 0 Å². The quantitative estimate of drug-likeness (QED) is 0.821. The molecule has 1 heterocycles. The Morgan fingerprint density at radius 3 is 2.65 bits per heavy atom. The van der Waals surface area contributed by atoms with Crippen molar-refractivity contribution in [2.45, 2.75) is 18.6 Å². The molecule has 0 saturated carbocycles. The summed E-state index contributed by atoms with van der Waals surface area (Å²) in [4.78, 5) is 14.9. The van der Waals surface area contributed by atoms with E-state index in [0.29, 0.717) is 11.0 Å². The van der Waals surface area contributed by atoms with Crippen molar-refractivity contribution in [1.82, 2.24) is 9.55 Å². The van der Waals surface area contributed by atoms with Crippen LogP contribution < -0.4 is 0 Å². The van der Waals surface area contributed by atoms with Gasteiger partial charge < -0.3 is 4.57 Å². The Morgan fingerprint density at radius 1 is 1.41 bits per heavy atom. The number of aromatic nitrogens is 2. The number of benzene rings is 1. The highest BCUT2D eigenvalue weighted by molar-refractivity contribution is 7.85. The summed E-state index contributed by atoms with van der Waals surface area (Å²) in [6.45, 7) is 1.19. The molecule has 0 atom stereocenters. The number of carbonyl (C=O) groups is 1. The van der Waals surface area contributed by atoms with E-state index in [0.717, 1.165) is 0 Å². The maximum absolute atomic E-state index is 11.2. The van der Waals surface area contributed by atoms with Gasteiger partial charge in [-0.1, -0.05) is 12.1 Å². The first-order valence-corrected chi connectivity index (χ1v) is 6.26. The molecule has 0 bridgehead atoms. The summed E-state index contributed by atoms with van der Waals surface area (Å²) in [5.74, 6) is -0.224. The fourth-order valence-electron chi connectivity index (χ4n) is 1.63. The van der Waals surface area contributed by atoms with E-state index in [1.54, 1.807) is 24.3 Å². The molecule has 0 radical (unpaired) electrons. The van der Waals surface area contributed by atoms with Gasteiger partial charge in [-0.15, -0.1) is 0 Å². The van der Waals surface area contributed by atoms with Crippen LogP contribution in [0.4, 0.5) is 0 Å². The van der Waals surface area contributed by atoms with Crippen molar-refractivity contribution in [2.75, 3.05) is 0 Å². The molecule has 6 nitrogen and oxygen atoms in total.